The van der Waals surface area contributed by atoms with Gasteiger partial charge in [0.1, 0.15) is 92.6 Å². The van der Waals surface area contributed by atoms with Crippen LogP contribution in [-0.2, 0) is 70.7 Å². The zero-order valence-electron chi connectivity index (χ0n) is 75.6. The van der Waals surface area contributed by atoms with Gasteiger partial charge in [0, 0.05) is 25.7 Å². The van der Waals surface area contributed by atoms with Crippen molar-refractivity contribution >= 4 is 31.7 Å². The molecule has 2 saturated heterocycles. The summed E-state index contributed by atoms with van der Waals surface area (Å²) < 4.78 is 73.6. The molecule has 3 aliphatic rings. The van der Waals surface area contributed by atoms with E-state index in [4.69, 9.17) is 46.9 Å². The molecule has 0 radical (unpaired) electrons. The minimum absolute atomic E-state index is 0.0163. The van der Waals surface area contributed by atoms with Crippen molar-refractivity contribution in [3.05, 3.63) is 12.2 Å². The summed E-state index contributed by atoms with van der Waals surface area (Å²) in [6, 6.07) is 0. The molecule has 19 unspecified atom stereocenters. The van der Waals surface area contributed by atoms with Crippen LogP contribution >= 0.6 is 7.82 Å². The van der Waals surface area contributed by atoms with Gasteiger partial charge in [-0.3, -0.25) is 28.2 Å². The molecule has 0 spiro atoms. The molecule has 0 aromatic rings. The summed E-state index contributed by atoms with van der Waals surface area (Å²) in [5, 5.41) is 103. The van der Waals surface area contributed by atoms with Gasteiger partial charge in [0.25, 0.3) is 0 Å². The predicted octanol–water partition coefficient (Wildman–Crippen LogP) is 18.6. The molecule has 0 aromatic carbocycles. The average Bonchev–Trinajstić information content (AvgIpc) is 0.754. The lowest BCUT2D eigenvalue weighted by atomic mass is 9.84. The molecule has 0 aromatic heterocycles. The average molecular weight is 1740 g/mol. The lowest BCUT2D eigenvalue weighted by Gasteiger charge is -2.50. The highest BCUT2D eigenvalue weighted by molar-refractivity contribution is 7.47. The second-order valence-electron chi connectivity index (χ2n) is 35.2. The van der Waals surface area contributed by atoms with Crippen LogP contribution in [0.4, 0.5) is 0 Å². The summed E-state index contributed by atoms with van der Waals surface area (Å²) in [5.41, 5.74) is 0. The van der Waals surface area contributed by atoms with Crippen LogP contribution in [0.3, 0.4) is 0 Å². The van der Waals surface area contributed by atoms with Gasteiger partial charge in [-0.25, -0.2) is 4.57 Å². The fourth-order valence-corrected chi connectivity index (χ4v) is 17.3. The van der Waals surface area contributed by atoms with E-state index in [1.807, 2.05) is 0 Å². The van der Waals surface area contributed by atoms with E-state index in [2.05, 4.69) is 46.8 Å². The molecular formula is C94H175O25P. The van der Waals surface area contributed by atoms with E-state index in [0.29, 0.717) is 38.0 Å². The number of unbranched alkanes of at least 4 members (excludes halogenated alkanes) is 49. The first-order chi connectivity index (χ1) is 58.1. The highest BCUT2D eigenvalue weighted by atomic mass is 31.2. The Labute approximate surface area is 724 Å². The number of rotatable bonds is 79. The molecular weight excluding hydrogens is 1560 g/mol. The second-order valence-corrected chi connectivity index (χ2v) is 36.6. The Morgan fingerprint density at radius 2 is 0.675 bits per heavy atom. The standard InChI is InChI=1S/C94H175O25P/c1-6-10-14-18-22-25-28-31-33-35-38-41-44-47-54-60-66-78(97)111-72-76-82(101)84(103)88(107)94(115-76)118-91-89(116-80(99)68-62-56-50-49-52-58-64-73(5)63-57-51-21-17-13-9-4)85(104)86(105)90(117-93-87(106)83(102)81(100)75(69-95)114-93)92(91)119-120(108,109)112-71-74(70-110-77(96)65-59-53-46-43-40-37-30-27-24-20-16-12-8-3)113-79(98)67-61-55-48-45-42-39-36-34-32-29-26-23-19-15-11-7-2/h37,40,73-76,81-95,100-107H,6-36,38-39,41-72H2,1-5H3,(H,108,109)/b40-37-. The quantitative estimate of drug-likeness (QED) is 0.00889. The monoisotopic (exact) mass is 1740 g/mol. The van der Waals surface area contributed by atoms with Crippen molar-refractivity contribution < 1.29 is 122 Å². The van der Waals surface area contributed by atoms with Crippen molar-refractivity contribution in [3.63, 3.8) is 0 Å². The summed E-state index contributed by atoms with van der Waals surface area (Å²) in [5.74, 6) is -2.34. The Bertz CT molecular complexity index is 2550. The number of esters is 4. The third kappa shape index (κ3) is 51.9. The minimum Gasteiger partial charge on any atom is -0.463 e. The van der Waals surface area contributed by atoms with E-state index < -0.39 is 162 Å². The summed E-state index contributed by atoms with van der Waals surface area (Å²) in [4.78, 5) is 66.6. The Hall–Kier alpha value is -2.79. The molecule has 0 amide bonds. The first-order valence-electron chi connectivity index (χ1n) is 48.8. The topological polar surface area (TPSA) is 380 Å². The molecule has 120 heavy (non-hydrogen) atoms. The van der Waals surface area contributed by atoms with E-state index in [1.54, 1.807) is 0 Å². The number of ether oxygens (including phenoxy) is 8. The second kappa shape index (κ2) is 72.2. The van der Waals surface area contributed by atoms with Gasteiger partial charge in [0.05, 0.1) is 13.2 Å². The van der Waals surface area contributed by atoms with Crippen LogP contribution in [0.1, 0.15) is 426 Å². The molecule has 1 aliphatic carbocycles. The molecule has 2 aliphatic heterocycles. The molecule has 26 heteroatoms. The van der Waals surface area contributed by atoms with Crippen LogP contribution in [0, 0.1) is 5.92 Å². The molecule has 706 valence electrons. The molecule has 3 rings (SSSR count). The van der Waals surface area contributed by atoms with Crippen LogP contribution in [0.2, 0.25) is 0 Å². The Balaban J connectivity index is 1.91. The zero-order chi connectivity index (χ0) is 87.6. The lowest BCUT2D eigenvalue weighted by molar-refractivity contribution is -0.360. The van der Waals surface area contributed by atoms with Crippen LogP contribution in [0.5, 0.6) is 0 Å². The van der Waals surface area contributed by atoms with Crippen LogP contribution < -0.4 is 0 Å². The summed E-state index contributed by atoms with van der Waals surface area (Å²) in [6.07, 6.45) is 30.5. The van der Waals surface area contributed by atoms with Gasteiger partial charge in [0.2, 0.25) is 0 Å². The smallest absolute Gasteiger partial charge is 0.463 e. The third-order valence-electron chi connectivity index (χ3n) is 24.2. The molecule has 2 heterocycles. The van der Waals surface area contributed by atoms with E-state index in [-0.39, 0.29) is 25.7 Å². The number of carbonyl (C=O) groups excluding carboxylic acids is 4. The number of aliphatic hydroxyl groups is 9. The highest BCUT2D eigenvalue weighted by Gasteiger charge is 2.60. The van der Waals surface area contributed by atoms with Crippen LogP contribution in [-0.4, -0.2) is 205 Å². The molecule has 0 bridgehead atoms. The Morgan fingerprint density at radius 3 is 1.08 bits per heavy atom. The highest BCUT2D eigenvalue weighted by Crippen LogP contribution is 2.49. The van der Waals surface area contributed by atoms with Crippen molar-refractivity contribution in [2.75, 3.05) is 26.4 Å². The Kier molecular flexibility index (Phi) is 67.0. The van der Waals surface area contributed by atoms with Crippen LogP contribution in [0.15, 0.2) is 12.2 Å². The van der Waals surface area contributed by atoms with Gasteiger partial charge < -0.3 is 88.7 Å². The van der Waals surface area contributed by atoms with E-state index in [9.17, 15) is 74.6 Å². The largest absolute Gasteiger partial charge is 0.472 e. The van der Waals surface area contributed by atoms with Crippen molar-refractivity contribution in [1.82, 2.24) is 0 Å². The van der Waals surface area contributed by atoms with E-state index in [0.717, 1.165) is 128 Å². The summed E-state index contributed by atoms with van der Waals surface area (Å²) in [6.45, 7) is 7.92. The van der Waals surface area contributed by atoms with Crippen molar-refractivity contribution in [2.24, 2.45) is 5.92 Å². The van der Waals surface area contributed by atoms with Crippen molar-refractivity contribution in [2.45, 2.75) is 530 Å². The molecule has 3 fully saturated rings. The SMILES string of the molecule is CCCCCCCC/C=C\CCCCCC(=O)OCC(COP(=O)(O)OC1C(OC2OC(CO)C(O)C(O)C2O)C(O)C(O)C(OC(=O)CCCCCCCCC(C)CCCCCCCC)C1OC1OC(COC(=O)CCCCCCCCCCCCCCCCCC)C(O)C(O)C1O)OC(=O)CCCCCCCCCCCCCCCCCC. The van der Waals surface area contributed by atoms with E-state index >= 15 is 0 Å². The molecule has 19 atom stereocenters. The minimum atomic E-state index is -5.81. The Morgan fingerprint density at radius 1 is 0.350 bits per heavy atom. The lowest BCUT2D eigenvalue weighted by Crippen LogP contribution is -2.70. The fraction of sp³-hybridized carbons (Fsp3) is 0.936. The summed E-state index contributed by atoms with van der Waals surface area (Å²) >= 11 is 0. The number of hydrogen-bond acceptors (Lipinski definition) is 24. The van der Waals surface area contributed by atoms with Crippen molar-refractivity contribution in [1.29, 1.82) is 0 Å². The maximum Gasteiger partial charge on any atom is 0.472 e. The first kappa shape index (κ1) is 111. The van der Waals surface area contributed by atoms with Gasteiger partial charge >= 0.3 is 31.7 Å². The van der Waals surface area contributed by atoms with Gasteiger partial charge in [-0.15, -0.1) is 0 Å². The number of allylic oxidation sites excluding steroid dienone is 2. The summed E-state index contributed by atoms with van der Waals surface area (Å²) in [7, 11) is -5.81. The fourth-order valence-electron chi connectivity index (χ4n) is 16.3. The normalized spacial score (nSPS) is 25.0. The molecule has 10 N–H and O–H groups in total. The number of phosphoric acid groups is 1. The van der Waals surface area contributed by atoms with Crippen LogP contribution in [0.25, 0.3) is 0 Å². The number of hydrogen-bond donors (Lipinski definition) is 10. The van der Waals surface area contributed by atoms with Gasteiger partial charge in [0.15, 0.2) is 24.8 Å². The third-order valence-corrected chi connectivity index (χ3v) is 25.2. The number of phosphoric ester groups is 1. The number of aliphatic hydroxyl groups excluding tert-OH is 9. The van der Waals surface area contributed by atoms with Gasteiger partial charge in [-0.1, -0.05) is 361 Å². The molecule has 25 nitrogen and oxygen atoms in total. The van der Waals surface area contributed by atoms with Gasteiger partial charge in [-0.05, 0) is 57.3 Å². The molecule has 1 saturated carbocycles. The van der Waals surface area contributed by atoms with Crippen molar-refractivity contribution in [3.8, 4) is 0 Å². The number of carbonyl (C=O) groups is 4. The zero-order valence-corrected chi connectivity index (χ0v) is 76.4. The van der Waals surface area contributed by atoms with E-state index in [1.165, 1.54) is 205 Å². The van der Waals surface area contributed by atoms with Gasteiger partial charge in [-0.2, -0.15) is 0 Å². The predicted molar refractivity (Wildman–Crippen MR) is 467 cm³/mol. The maximum atomic E-state index is 14.9. The maximum absolute atomic E-state index is 14.9. The first-order valence-corrected chi connectivity index (χ1v) is 50.3.